The number of pyridine rings is 1. The highest BCUT2D eigenvalue weighted by Gasteiger charge is 2.11. The van der Waals surface area contributed by atoms with Crippen molar-refractivity contribution in [1.82, 2.24) is 4.98 Å². The summed E-state index contributed by atoms with van der Waals surface area (Å²) >= 11 is 0. The van der Waals surface area contributed by atoms with E-state index in [1.165, 1.54) is 5.69 Å². The van der Waals surface area contributed by atoms with Gasteiger partial charge in [-0.15, -0.1) is 0 Å². The van der Waals surface area contributed by atoms with E-state index in [-0.39, 0.29) is 0 Å². The fourth-order valence-electron chi connectivity index (χ4n) is 2.33. The molecule has 0 bridgehead atoms. The predicted octanol–water partition coefficient (Wildman–Crippen LogP) is 2.17. The Morgan fingerprint density at radius 1 is 1.05 bits per heavy atom. The van der Waals surface area contributed by atoms with Crippen LogP contribution in [0.2, 0.25) is 0 Å². The first-order chi connectivity index (χ1) is 9.34. The van der Waals surface area contributed by atoms with Gasteiger partial charge >= 0.3 is 0 Å². The van der Waals surface area contributed by atoms with Crippen molar-refractivity contribution in [3.63, 3.8) is 0 Å². The molecule has 1 aliphatic rings. The molecule has 1 aromatic carbocycles. The lowest BCUT2D eigenvalue weighted by molar-refractivity contribution is 0.122. The lowest BCUT2D eigenvalue weighted by atomic mass is 10.1. The molecule has 1 aliphatic heterocycles. The molecule has 1 aromatic heterocycles. The Balaban J connectivity index is 1.84. The Kier molecular flexibility index (Phi) is 3.33. The monoisotopic (exact) mass is 255 g/mol. The zero-order valence-corrected chi connectivity index (χ0v) is 10.7. The third kappa shape index (κ3) is 2.53. The molecule has 0 spiro atoms. The normalized spacial score (nSPS) is 15.5. The molecule has 0 radical (unpaired) electrons. The number of hydrogen-bond acceptors (Lipinski definition) is 4. The van der Waals surface area contributed by atoms with E-state index in [1.807, 2.05) is 12.1 Å². The van der Waals surface area contributed by atoms with Crippen molar-refractivity contribution in [2.75, 3.05) is 36.9 Å². The van der Waals surface area contributed by atoms with Crippen LogP contribution in [0.25, 0.3) is 11.1 Å². The first-order valence-electron chi connectivity index (χ1n) is 6.48. The minimum absolute atomic E-state index is 0.571. The second-order valence-electron chi connectivity index (χ2n) is 4.58. The van der Waals surface area contributed by atoms with Crippen LogP contribution >= 0.6 is 0 Å². The van der Waals surface area contributed by atoms with E-state index in [1.54, 1.807) is 6.20 Å². The minimum atomic E-state index is 0.571. The van der Waals surface area contributed by atoms with E-state index in [4.69, 9.17) is 10.5 Å². The molecule has 0 aliphatic carbocycles. The van der Waals surface area contributed by atoms with Crippen molar-refractivity contribution >= 4 is 11.5 Å². The Morgan fingerprint density at radius 3 is 2.47 bits per heavy atom. The predicted molar refractivity (Wildman–Crippen MR) is 77.1 cm³/mol. The van der Waals surface area contributed by atoms with Gasteiger partial charge in [-0.3, -0.25) is 0 Å². The molecule has 4 nitrogen and oxygen atoms in total. The Morgan fingerprint density at radius 2 is 1.79 bits per heavy atom. The van der Waals surface area contributed by atoms with Crippen LogP contribution in [0.5, 0.6) is 0 Å². The smallest absolute Gasteiger partial charge is 0.131 e. The number of nitrogens with two attached hydrogens (primary N) is 1. The fourth-order valence-corrected chi connectivity index (χ4v) is 2.33. The lowest BCUT2D eigenvalue weighted by Crippen LogP contribution is -2.36. The second kappa shape index (κ2) is 5.28. The summed E-state index contributed by atoms with van der Waals surface area (Å²) in [5, 5.41) is 0. The van der Waals surface area contributed by atoms with E-state index in [2.05, 4.69) is 34.1 Å². The third-order valence-electron chi connectivity index (χ3n) is 3.39. The van der Waals surface area contributed by atoms with E-state index in [9.17, 15) is 0 Å². The van der Waals surface area contributed by atoms with E-state index >= 15 is 0 Å². The molecule has 3 rings (SSSR count). The van der Waals surface area contributed by atoms with Crippen LogP contribution in [0, 0.1) is 0 Å². The van der Waals surface area contributed by atoms with Gasteiger partial charge in [0.2, 0.25) is 0 Å². The van der Waals surface area contributed by atoms with Gasteiger partial charge < -0.3 is 15.4 Å². The van der Waals surface area contributed by atoms with Gasteiger partial charge in [-0.2, -0.15) is 0 Å². The highest BCUT2D eigenvalue weighted by atomic mass is 16.5. The summed E-state index contributed by atoms with van der Waals surface area (Å²) in [5.41, 5.74) is 9.21. The van der Waals surface area contributed by atoms with Gasteiger partial charge in [0.15, 0.2) is 0 Å². The fraction of sp³-hybridized carbons (Fsp3) is 0.267. The molecule has 0 unspecified atom stereocenters. The van der Waals surface area contributed by atoms with Crippen LogP contribution in [0.4, 0.5) is 11.5 Å². The van der Waals surface area contributed by atoms with Gasteiger partial charge in [0.25, 0.3) is 0 Å². The topological polar surface area (TPSA) is 51.4 Å². The average Bonchev–Trinajstić information content (AvgIpc) is 2.49. The number of anilines is 2. The summed E-state index contributed by atoms with van der Waals surface area (Å²) in [6.45, 7) is 3.51. The molecule has 0 atom stereocenters. The van der Waals surface area contributed by atoms with Gasteiger partial charge in [-0.25, -0.2) is 4.98 Å². The first kappa shape index (κ1) is 12.0. The van der Waals surface area contributed by atoms with Gasteiger partial charge in [0.05, 0.1) is 13.2 Å². The van der Waals surface area contributed by atoms with E-state index in [0.29, 0.717) is 5.82 Å². The molecular formula is C15H17N3O. The molecule has 2 heterocycles. The van der Waals surface area contributed by atoms with Crippen LogP contribution in [0.1, 0.15) is 0 Å². The van der Waals surface area contributed by atoms with Crippen LogP contribution in [0.15, 0.2) is 42.6 Å². The molecule has 1 fully saturated rings. The maximum absolute atomic E-state index is 5.90. The number of nitrogens with zero attached hydrogens (tertiary/aromatic N) is 2. The van der Waals surface area contributed by atoms with Crippen LogP contribution < -0.4 is 10.6 Å². The Hall–Kier alpha value is -2.07. The molecule has 4 heteroatoms. The van der Waals surface area contributed by atoms with E-state index in [0.717, 1.165) is 37.4 Å². The largest absolute Gasteiger partial charge is 0.383 e. The standard InChI is InChI=1S/C15H17N3O/c16-15-14(2-1-7-17-15)12-3-5-13(6-4-12)18-8-10-19-11-9-18/h1-7H,8-11H2,(H2,16,17). The molecule has 1 saturated heterocycles. The summed E-state index contributed by atoms with van der Waals surface area (Å²) in [6, 6.07) is 12.4. The molecule has 98 valence electrons. The molecule has 0 saturated carbocycles. The quantitative estimate of drug-likeness (QED) is 0.893. The van der Waals surface area contributed by atoms with Gasteiger partial charge in [-0.1, -0.05) is 12.1 Å². The highest BCUT2D eigenvalue weighted by Crippen LogP contribution is 2.26. The molecule has 2 aromatic rings. The number of nitrogen functional groups attached to an aromatic ring is 1. The maximum Gasteiger partial charge on any atom is 0.131 e. The van der Waals surface area contributed by atoms with E-state index < -0.39 is 0 Å². The van der Waals surface area contributed by atoms with Crippen molar-refractivity contribution in [2.24, 2.45) is 0 Å². The zero-order valence-electron chi connectivity index (χ0n) is 10.7. The van der Waals surface area contributed by atoms with Crippen LogP contribution in [-0.4, -0.2) is 31.3 Å². The average molecular weight is 255 g/mol. The number of aromatic nitrogens is 1. The Labute approximate surface area is 112 Å². The number of hydrogen-bond donors (Lipinski definition) is 1. The Bertz CT molecular complexity index is 548. The number of rotatable bonds is 2. The maximum atomic E-state index is 5.90. The van der Waals surface area contributed by atoms with Gasteiger partial charge in [0, 0.05) is 30.5 Å². The third-order valence-corrected chi connectivity index (χ3v) is 3.39. The molecule has 19 heavy (non-hydrogen) atoms. The first-order valence-corrected chi connectivity index (χ1v) is 6.48. The summed E-state index contributed by atoms with van der Waals surface area (Å²) in [4.78, 5) is 6.45. The van der Waals surface area contributed by atoms with Crippen molar-refractivity contribution in [1.29, 1.82) is 0 Å². The van der Waals surface area contributed by atoms with Gasteiger partial charge in [0.1, 0.15) is 5.82 Å². The summed E-state index contributed by atoms with van der Waals surface area (Å²) in [7, 11) is 0. The SMILES string of the molecule is Nc1ncccc1-c1ccc(N2CCOCC2)cc1. The van der Waals surface area contributed by atoms with Crippen molar-refractivity contribution in [3.05, 3.63) is 42.6 Å². The summed E-state index contributed by atoms with van der Waals surface area (Å²) in [5.74, 6) is 0.571. The zero-order chi connectivity index (χ0) is 13.1. The number of morpholine rings is 1. The molecular weight excluding hydrogens is 238 g/mol. The number of ether oxygens (including phenoxy) is 1. The highest BCUT2D eigenvalue weighted by molar-refractivity contribution is 5.74. The van der Waals surface area contributed by atoms with Crippen molar-refractivity contribution in [2.45, 2.75) is 0 Å². The summed E-state index contributed by atoms with van der Waals surface area (Å²) < 4.78 is 5.36. The van der Waals surface area contributed by atoms with Crippen molar-refractivity contribution in [3.8, 4) is 11.1 Å². The second-order valence-corrected chi connectivity index (χ2v) is 4.58. The summed E-state index contributed by atoms with van der Waals surface area (Å²) in [6.07, 6.45) is 1.71. The lowest BCUT2D eigenvalue weighted by Gasteiger charge is -2.28. The van der Waals surface area contributed by atoms with Crippen LogP contribution in [-0.2, 0) is 4.74 Å². The van der Waals surface area contributed by atoms with Crippen LogP contribution in [0.3, 0.4) is 0 Å². The molecule has 2 N–H and O–H groups in total. The van der Waals surface area contributed by atoms with Crippen molar-refractivity contribution < 1.29 is 4.74 Å². The molecule has 0 amide bonds. The number of benzene rings is 1. The van der Waals surface area contributed by atoms with Gasteiger partial charge in [-0.05, 0) is 29.8 Å². The minimum Gasteiger partial charge on any atom is -0.383 e.